The summed E-state index contributed by atoms with van der Waals surface area (Å²) in [6.07, 6.45) is 0. The minimum Gasteiger partial charge on any atom is -0.493 e. The average molecular weight is 585 g/mol. The van der Waals surface area contributed by atoms with Crippen molar-refractivity contribution in [2.45, 2.75) is 13.5 Å². The summed E-state index contributed by atoms with van der Waals surface area (Å²) in [5.41, 5.74) is 2.51. The molecule has 0 unspecified atom stereocenters. The van der Waals surface area contributed by atoms with E-state index in [1.165, 1.54) is 7.05 Å². The number of amides is 1. The molecule has 0 saturated carbocycles. The summed E-state index contributed by atoms with van der Waals surface area (Å²) >= 11 is 3.47. The van der Waals surface area contributed by atoms with Gasteiger partial charge in [-0.15, -0.1) is 17.0 Å². The number of amidine groups is 1. The predicted octanol–water partition coefficient (Wildman–Crippen LogP) is 3.28. The van der Waals surface area contributed by atoms with Gasteiger partial charge >= 0.3 is 0 Å². The van der Waals surface area contributed by atoms with Gasteiger partial charge in [0.25, 0.3) is 5.91 Å². The highest BCUT2D eigenvalue weighted by Gasteiger charge is 2.31. The van der Waals surface area contributed by atoms with Crippen LogP contribution in [0.25, 0.3) is 0 Å². The summed E-state index contributed by atoms with van der Waals surface area (Å²) < 4.78 is 11.7. The van der Waals surface area contributed by atoms with Gasteiger partial charge < -0.3 is 24.6 Å². The van der Waals surface area contributed by atoms with Gasteiger partial charge in [-0.25, -0.2) is 4.98 Å². The number of carbonyl (C=O) groups excluding carboxylic acids is 2. The number of rotatable bonds is 8. The normalized spacial score (nSPS) is 12.1. The molecule has 2 N–H and O–H groups in total. The van der Waals surface area contributed by atoms with Gasteiger partial charge in [0.1, 0.15) is 11.5 Å². The van der Waals surface area contributed by atoms with E-state index in [-0.39, 0.29) is 40.8 Å². The Kier molecular flexibility index (Phi) is 8.84. The van der Waals surface area contributed by atoms with Gasteiger partial charge in [-0.1, -0.05) is 0 Å². The number of benzene rings is 1. The smallest absolute Gasteiger partial charge is 0.273 e. The molecule has 0 fully saturated rings. The van der Waals surface area contributed by atoms with Crippen LogP contribution in [0, 0.1) is 5.41 Å². The van der Waals surface area contributed by atoms with Gasteiger partial charge in [0, 0.05) is 38.8 Å². The Morgan fingerprint density at radius 3 is 2.58 bits per heavy atom. The van der Waals surface area contributed by atoms with Crippen molar-refractivity contribution in [2.24, 2.45) is 0 Å². The monoisotopic (exact) mass is 583 g/mol. The van der Waals surface area contributed by atoms with E-state index in [1.54, 1.807) is 30.2 Å². The fraction of sp³-hybridized carbons (Fsp3) is 0.364. The van der Waals surface area contributed by atoms with Crippen LogP contribution < -0.4 is 19.7 Å². The molecule has 2 aromatic rings. The number of anilines is 1. The lowest BCUT2D eigenvalue weighted by Gasteiger charge is -2.20. The van der Waals surface area contributed by atoms with Crippen molar-refractivity contribution in [3.8, 4) is 11.5 Å². The Hall–Kier alpha value is -2.66. The van der Waals surface area contributed by atoms with Crippen molar-refractivity contribution in [2.75, 3.05) is 46.3 Å². The Bertz CT molecular complexity index is 1090. The molecule has 1 aromatic heterocycles. The molecule has 1 amide bonds. The minimum atomic E-state index is -0.391. The summed E-state index contributed by atoms with van der Waals surface area (Å²) in [5.74, 6) is 0.564. The van der Waals surface area contributed by atoms with Crippen molar-refractivity contribution in [1.82, 2.24) is 15.2 Å². The highest BCUT2D eigenvalue weighted by Crippen LogP contribution is 2.36. The number of pyridine rings is 1. The standard InChI is InChI=1S/C22H26BrN5O4.BrH/c1-6-32-17-9-13-10-28(21(24)18(13)26-19(17)22(30)25-2)11-16(29)12-7-14(23)20(31-5)15(8-12)27(3)4;/h7-9,24H,6,10-11H2,1-5H3,(H,25,30);1H. The van der Waals surface area contributed by atoms with Gasteiger partial charge in [-0.05, 0) is 41.1 Å². The second kappa shape index (κ2) is 11.0. The molecular weight excluding hydrogens is 558 g/mol. The van der Waals surface area contributed by atoms with Gasteiger partial charge in [-0.3, -0.25) is 15.0 Å². The number of carbonyl (C=O) groups is 2. The predicted molar refractivity (Wildman–Crippen MR) is 136 cm³/mol. The van der Waals surface area contributed by atoms with E-state index in [9.17, 15) is 9.59 Å². The van der Waals surface area contributed by atoms with Crippen LogP contribution in [0.3, 0.4) is 0 Å². The number of ketones is 1. The quantitative estimate of drug-likeness (QED) is 0.458. The number of halogens is 2. The van der Waals surface area contributed by atoms with Crippen LogP contribution in [0.4, 0.5) is 5.69 Å². The second-order valence-corrected chi connectivity index (χ2v) is 8.24. The fourth-order valence-electron chi connectivity index (χ4n) is 3.51. The SMILES string of the molecule is Br.CCOc1cc2c(nc1C(=O)NC)C(=N)N(CC(=O)c1cc(Br)c(OC)c(N(C)C)c1)C2. The fourth-order valence-corrected chi connectivity index (χ4v) is 4.13. The van der Waals surface area contributed by atoms with Gasteiger partial charge in [0.2, 0.25) is 0 Å². The number of methoxy groups -OCH3 is 1. The molecule has 0 atom stereocenters. The number of aromatic nitrogens is 1. The van der Waals surface area contributed by atoms with E-state index in [0.717, 1.165) is 11.3 Å². The Balaban J connectivity index is 0.00000385. The number of fused-ring (bicyclic) bond motifs is 1. The maximum atomic E-state index is 13.1. The molecule has 33 heavy (non-hydrogen) atoms. The Morgan fingerprint density at radius 2 is 2.00 bits per heavy atom. The van der Waals surface area contributed by atoms with E-state index in [1.807, 2.05) is 25.9 Å². The molecule has 0 bridgehead atoms. The van der Waals surface area contributed by atoms with E-state index in [2.05, 4.69) is 26.2 Å². The molecular formula is C22H27Br2N5O4. The third kappa shape index (κ3) is 5.30. The largest absolute Gasteiger partial charge is 0.493 e. The van der Waals surface area contributed by atoms with Crippen molar-refractivity contribution in [3.05, 3.63) is 45.2 Å². The molecule has 2 heterocycles. The van der Waals surface area contributed by atoms with E-state index < -0.39 is 5.91 Å². The number of nitrogens with zero attached hydrogens (tertiary/aromatic N) is 3. The molecule has 0 spiro atoms. The first kappa shape index (κ1) is 26.6. The molecule has 1 aliphatic rings. The summed E-state index contributed by atoms with van der Waals surface area (Å²) in [5, 5.41) is 11.1. The molecule has 0 saturated heterocycles. The van der Waals surface area contributed by atoms with Crippen LogP contribution in [-0.4, -0.2) is 68.8 Å². The van der Waals surface area contributed by atoms with Gasteiger partial charge in [-0.2, -0.15) is 0 Å². The van der Waals surface area contributed by atoms with Crippen LogP contribution in [-0.2, 0) is 6.54 Å². The second-order valence-electron chi connectivity index (χ2n) is 7.39. The van der Waals surface area contributed by atoms with Crippen LogP contribution in [0.2, 0.25) is 0 Å². The summed E-state index contributed by atoms with van der Waals surface area (Å²) in [4.78, 5) is 33.2. The molecule has 3 rings (SSSR count). The maximum absolute atomic E-state index is 13.1. The number of nitrogens with one attached hydrogen (secondary N) is 2. The van der Waals surface area contributed by atoms with Crippen molar-refractivity contribution in [3.63, 3.8) is 0 Å². The molecule has 1 aliphatic heterocycles. The average Bonchev–Trinajstić information content (AvgIpc) is 3.06. The topological polar surface area (TPSA) is 108 Å². The van der Waals surface area contributed by atoms with Gasteiger partial charge in [0.05, 0.1) is 30.4 Å². The zero-order valence-corrected chi connectivity index (χ0v) is 22.4. The number of ether oxygens (including phenoxy) is 2. The number of hydrogen-bond donors (Lipinski definition) is 2. The Labute approximate surface area is 211 Å². The molecule has 1 aromatic carbocycles. The van der Waals surface area contributed by atoms with Crippen LogP contribution in [0.15, 0.2) is 22.7 Å². The zero-order chi connectivity index (χ0) is 23.6. The van der Waals surface area contributed by atoms with E-state index in [4.69, 9.17) is 14.9 Å². The minimum absolute atomic E-state index is 0. The number of hydrogen-bond acceptors (Lipinski definition) is 7. The lowest BCUT2D eigenvalue weighted by molar-refractivity contribution is 0.0949. The van der Waals surface area contributed by atoms with Crippen molar-refractivity contribution < 1.29 is 19.1 Å². The molecule has 178 valence electrons. The first-order chi connectivity index (χ1) is 15.2. The summed E-state index contributed by atoms with van der Waals surface area (Å²) in [6, 6.07) is 5.22. The third-order valence-electron chi connectivity index (χ3n) is 5.08. The van der Waals surface area contributed by atoms with E-state index >= 15 is 0 Å². The van der Waals surface area contributed by atoms with Crippen LogP contribution in [0.5, 0.6) is 11.5 Å². The lowest BCUT2D eigenvalue weighted by atomic mass is 10.1. The van der Waals surface area contributed by atoms with Crippen molar-refractivity contribution in [1.29, 1.82) is 5.41 Å². The highest BCUT2D eigenvalue weighted by molar-refractivity contribution is 9.10. The molecule has 11 heteroatoms. The van der Waals surface area contributed by atoms with E-state index in [0.29, 0.717) is 40.4 Å². The molecule has 9 nitrogen and oxygen atoms in total. The van der Waals surface area contributed by atoms with Crippen LogP contribution in [0.1, 0.15) is 39.0 Å². The Morgan fingerprint density at radius 1 is 1.30 bits per heavy atom. The first-order valence-electron chi connectivity index (χ1n) is 10.0. The van der Waals surface area contributed by atoms with Gasteiger partial charge in [0.15, 0.2) is 23.0 Å². The highest BCUT2D eigenvalue weighted by atomic mass is 79.9. The van der Waals surface area contributed by atoms with Crippen LogP contribution >= 0.6 is 32.9 Å². The lowest BCUT2D eigenvalue weighted by Crippen LogP contribution is -2.30. The van der Waals surface area contributed by atoms with Crippen molar-refractivity contribution >= 4 is 56.1 Å². The summed E-state index contributed by atoms with van der Waals surface area (Å²) in [7, 11) is 6.83. The zero-order valence-electron chi connectivity index (χ0n) is 19.1. The maximum Gasteiger partial charge on any atom is 0.273 e. The molecule has 0 aliphatic carbocycles. The summed E-state index contributed by atoms with van der Waals surface area (Å²) in [6.45, 7) is 2.53. The first-order valence-corrected chi connectivity index (χ1v) is 10.8. The third-order valence-corrected chi connectivity index (χ3v) is 5.67. The molecule has 0 radical (unpaired) electrons. The number of Topliss-reactive ketones (excluding diaryl/α,β-unsaturated/α-hetero) is 1.